The van der Waals surface area contributed by atoms with Gasteiger partial charge in [0.2, 0.25) is 0 Å². The molecule has 0 aromatic carbocycles. The van der Waals surface area contributed by atoms with E-state index in [0.717, 1.165) is 18.9 Å². The quantitative estimate of drug-likeness (QED) is 0.364. The summed E-state index contributed by atoms with van der Waals surface area (Å²) in [5.41, 5.74) is 5.01. The van der Waals surface area contributed by atoms with E-state index >= 15 is 0 Å². The summed E-state index contributed by atoms with van der Waals surface area (Å²) in [6.45, 7) is 5.28. The Balaban J connectivity index is 3.14. The monoisotopic (exact) mass is 155 g/mol. The standard InChI is InChI=1S/C8H17N3/c1-8(2)4-3-5-10-7-11-6-9/h6-8H,3-5H2,1-2H3,(H2,9,10,11). The first-order valence-corrected chi connectivity index (χ1v) is 3.99. The molecule has 0 aromatic heterocycles. The van der Waals surface area contributed by atoms with Crippen molar-refractivity contribution in [3.05, 3.63) is 0 Å². The minimum Gasteiger partial charge on any atom is -0.390 e. The normalized spacial score (nSPS) is 12.3. The van der Waals surface area contributed by atoms with Gasteiger partial charge < -0.3 is 5.73 Å². The van der Waals surface area contributed by atoms with Gasteiger partial charge in [-0.3, -0.25) is 4.99 Å². The highest BCUT2D eigenvalue weighted by molar-refractivity contribution is 5.69. The van der Waals surface area contributed by atoms with Gasteiger partial charge in [0.05, 0.1) is 6.34 Å². The van der Waals surface area contributed by atoms with Crippen LogP contribution < -0.4 is 5.73 Å². The zero-order valence-corrected chi connectivity index (χ0v) is 7.33. The minimum atomic E-state index is 0.767. The van der Waals surface area contributed by atoms with Crippen molar-refractivity contribution in [2.75, 3.05) is 6.54 Å². The zero-order valence-electron chi connectivity index (χ0n) is 7.33. The van der Waals surface area contributed by atoms with E-state index in [2.05, 4.69) is 23.8 Å². The van der Waals surface area contributed by atoms with Crippen LogP contribution in [0.1, 0.15) is 26.7 Å². The molecule has 0 spiro atoms. The second kappa shape index (κ2) is 7.25. The smallest absolute Gasteiger partial charge is 0.111 e. The van der Waals surface area contributed by atoms with Crippen LogP contribution in [-0.2, 0) is 0 Å². The Labute approximate surface area is 68.4 Å². The molecule has 3 heteroatoms. The summed E-state index contributed by atoms with van der Waals surface area (Å²) in [6.07, 6.45) is 5.10. The van der Waals surface area contributed by atoms with Gasteiger partial charge in [-0.05, 0) is 18.8 Å². The SMILES string of the molecule is CC(C)CCCN=CN=CN. The van der Waals surface area contributed by atoms with E-state index in [1.807, 2.05) is 0 Å². The Bertz CT molecular complexity index is 127. The van der Waals surface area contributed by atoms with E-state index in [4.69, 9.17) is 5.73 Å². The van der Waals surface area contributed by atoms with E-state index < -0.39 is 0 Å². The second-order valence-electron chi connectivity index (χ2n) is 2.86. The summed E-state index contributed by atoms with van der Waals surface area (Å²) in [4.78, 5) is 7.68. The molecule has 0 bridgehead atoms. The number of aliphatic imine (C=N–C) groups is 2. The fraction of sp³-hybridized carbons (Fsp3) is 0.750. The molecule has 11 heavy (non-hydrogen) atoms. The van der Waals surface area contributed by atoms with Crippen molar-refractivity contribution in [1.82, 2.24) is 0 Å². The Morgan fingerprint density at radius 3 is 2.73 bits per heavy atom. The van der Waals surface area contributed by atoms with Gasteiger partial charge in [0, 0.05) is 6.54 Å². The van der Waals surface area contributed by atoms with Gasteiger partial charge in [0.1, 0.15) is 6.34 Å². The molecule has 0 saturated heterocycles. The van der Waals surface area contributed by atoms with Crippen LogP contribution in [0.4, 0.5) is 0 Å². The topological polar surface area (TPSA) is 50.7 Å². The van der Waals surface area contributed by atoms with E-state index in [1.165, 1.54) is 19.1 Å². The maximum Gasteiger partial charge on any atom is 0.111 e. The lowest BCUT2D eigenvalue weighted by Crippen LogP contribution is -1.90. The summed E-state index contributed by atoms with van der Waals surface area (Å²) in [7, 11) is 0. The molecule has 0 aliphatic rings. The van der Waals surface area contributed by atoms with Crippen LogP contribution >= 0.6 is 0 Å². The highest BCUT2D eigenvalue weighted by Crippen LogP contribution is 2.02. The molecular weight excluding hydrogens is 138 g/mol. The van der Waals surface area contributed by atoms with Gasteiger partial charge in [0.15, 0.2) is 0 Å². The average Bonchev–Trinajstić information content (AvgIpc) is 1.96. The third kappa shape index (κ3) is 9.14. The van der Waals surface area contributed by atoms with Crippen LogP contribution in [0.25, 0.3) is 0 Å². The predicted octanol–water partition coefficient (Wildman–Crippen LogP) is 1.44. The van der Waals surface area contributed by atoms with Crippen LogP contribution in [-0.4, -0.2) is 19.2 Å². The third-order valence-corrected chi connectivity index (χ3v) is 1.30. The molecule has 0 aliphatic heterocycles. The van der Waals surface area contributed by atoms with Gasteiger partial charge in [-0.2, -0.15) is 0 Å². The van der Waals surface area contributed by atoms with E-state index in [0.29, 0.717) is 0 Å². The third-order valence-electron chi connectivity index (χ3n) is 1.30. The van der Waals surface area contributed by atoms with Gasteiger partial charge in [0.25, 0.3) is 0 Å². The first-order valence-electron chi connectivity index (χ1n) is 3.99. The van der Waals surface area contributed by atoms with Crippen molar-refractivity contribution in [2.45, 2.75) is 26.7 Å². The molecule has 64 valence electrons. The van der Waals surface area contributed by atoms with Crippen LogP contribution in [0, 0.1) is 5.92 Å². The zero-order chi connectivity index (χ0) is 8.53. The second-order valence-corrected chi connectivity index (χ2v) is 2.86. The van der Waals surface area contributed by atoms with E-state index in [1.54, 1.807) is 0 Å². The Kier molecular flexibility index (Phi) is 6.68. The molecule has 0 radical (unpaired) electrons. The summed E-state index contributed by atoms with van der Waals surface area (Å²) in [6, 6.07) is 0. The summed E-state index contributed by atoms with van der Waals surface area (Å²) >= 11 is 0. The van der Waals surface area contributed by atoms with E-state index in [-0.39, 0.29) is 0 Å². The van der Waals surface area contributed by atoms with Crippen LogP contribution in [0.15, 0.2) is 9.98 Å². The van der Waals surface area contributed by atoms with Crippen molar-refractivity contribution in [3.8, 4) is 0 Å². The lowest BCUT2D eigenvalue weighted by atomic mass is 10.1. The predicted molar refractivity (Wildman–Crippen MR) is 50.1 cm³/mol. The lowest BCUT2D eigenvalue weighted by Gasteiger charge is -1.99. The highest BCUT2D eigenvalue weighted by Gasteiger charge is 1.90. The molecule has 3 nitrogen and oxygen atoms in total. The largest absolute Gasteiger partial charge is 0.390 e. The first kappa shape index (κ1) is 10.1. The molecule has 0 atom stereocenters. The number of nitrogens with two attached hydrogens (primary N) is 1. The number of hydrogen-bond acceptors (Lipinski definition) is 1. The molecule has 0 heterocycles. The molecule has 0 saturated carbocycles. The van der Waals surface area contributed by atoms with Gasteiger partial charge in [-0.1, -0.05) is 13.8 Å². The van der Waals surface area contributed by atoms with Crippen molar-refractivity contribution in [1.29, 1.82) is 0 Å². The number of rotatable bonds is 5. The fourth-order valence-electron chi connectivity index (χ4n) is 0.734. The van der Waals surface area contributed by atoms with Crippen molar-refractivity contribution >= 4 is 12.7 Å². The first-order chi connectivity index (χ1) is 5.27. The van der Waals surface area contributed by atoms with Gasteiger partial charge in [-0.15, -0.1) is 0 Å². The van der Waals surface area contributed by atoms with E-state index in [9.17, 15) is 0 Å². The fourth-order valence-corrected chi connectivity index (χ4v) is 0.734. The maximum atomic E-state index is 5.01. The van der Waals surface area contributed by atoms with Crippen molar-refractivity contribution in [3.63, 3.8) is 0 Å². The average molecular weight is 155 g/mol. The summed E-state index contributed by atoms with van der Waals surface area (Å²) < 4.78 is 0. The Morgan fingerprint density at radius 2 is 2.18 bits per heavy atom. The maximum absolute atomic E-state index is 5.01. The van der Waals surface area contributed by atoms with Crippen molar-refractivity contribution in [2.24, 2.45) is 21.6 Å². The highest BCUT2D eigenvalue weighted by atomic mass is 14.9. The molecule has 2 N–H and O–H groups in total. The lowest BCUT2D eigenvalue weighted by molar-refractivity contribution is 0.562. The molecular formula is C8H17N3. The minimum absolute atomic E-state index is 0.767. The number of hydrogen-bond donors (Lipinski definition) is 1. The van der Waals surface area contributed by atoms with Crippen LogP contribution in [0.3, 0.4) is 0 Å². The summed E-state index contributed by atoms with van der Waals surface area (Å²) in [5.74, 6) is 0.767. The van der Waals surface area contributed by atoms with Crippen LogP contribution in [0.5, 0.6) is 0 Å². The molecule has 0 unspecified atom stereocenters. The molecule has 0 aliphatic carbocycles. The van der Waals surface area contributed by atoms with Gasteiger partial charge >= 0.3 is 0 Å². The molecule has 0 rings (SSSR count). The molecule has 0 fully saturated rings. The Morgan fingerprint density at radius 1 is 1.45 bits per heavy atom. The van der Waals surface area contributed by atoms with Gasteiger partial charge in [-0.25, -0.2) is 4.99 Å². The van der Waals surface area contributed by atoms with Crippen molar-refractivity contribution < 1.29 is 0 Å². The summed E-state index contributed by atoms with van der Waals surface area (Å²) in [5, 5.41) is 0. The Hall–Kier alpha value is -0.860. The number of nitrogens with zero attached hydrogens (tertiary/aromatic N) is 2. The van der Waals surface area contributed by atoms with Crippen LogP contribution in [0.2, 0.25) is 0 Å². The molecule has 0 amide bonds. The molecule has 0 aromatic rings.